The smallest absolute Gasteiger partial charge is 0.263 e. The zero-order chi connectivity index (χ0) is 11.6. The molecule has 0 radical (unpaired) electrons. The van der Waals surface area contributed by atoms with Crippen molar-refractivity contribution in [2.24, 2.45) is 0 Å². The van der Waals surface area contributed by atoms with Crippen LogP contribution in [0.1, 0.15) is 34.9 Å². The van der Waals surface area contributed by atoms with Gasteiger partial charge in [-0.2, -0.15) is 0 Å². The first-order valence-electron chi connectivity index (χ1n) is 4.46. The van der Waals surface area contributed by atoms with Gasteiger partial charge in [0.05, 0.1) is 4.83 Å². The average molecular weight is 277 g/mol. The summed E-state index contributed by atoms with van der Waals surface area (Å²) < 4.78 is 24.7. The molecule has 4 heteroatoms. The third kappa shape index (κ3) is 2.84. The fourth-order valence-electron chi connectivity index (χ4n) is 1.34. The molecule has 0 bridgehead atoms. The zero-order valence-corrected chi connectivity index (χ0v) is 10.0. The number of rotatable bonds is 3. The van der Waals surface area contributed by atoms with Crippen LogP contribution in [0.15, 0.2) is 18.2 Å². The van der Waals surface area contributed by atoms with E-state index < -0.39 is 11.3 Å². The fraction of sp³-hybridized carbons (Fsp3) is 0.364. The van der Waals surface area contributed by atoms with Crippen molar-refractivity contribution in [3.8, 4) is 0 Å². The fourth-order valence-corrected chi connectivity index (χ4v) is 1.85. The van der Waals surface area contributed by atoms with Crippen molar-refractivity contribution in [2.45, 2.75) is 25.1 Å². The Labute approximate surface area is 95.6 Å². The predicted molar refractivity (Wildman–Crippen MR) is 58.5 cm³/mol. The number of carbonyl (C=O) groups excluding carboxylic acids is 1. The molecule has 1 nitrogen and oxygen atoms in total. The molecule has 0 N–H and O–H groups in total. The quantitative estimate of drug-likeness (QED) is 0.764. The first kappa shape index (κ1) is 12.3. The molecule has 0 aliphatic rings. The summed E-state index contributed by atoms with van der Waals surface area (Å²) in [6, 6.07) is 4.33. The van der Waals surface area contributed by atoms with Crippen molar-refractivity contribution in [3.63, 3.8) is 0 Å². The Morgan fingerprint density at radius 3 is 2.40 bits per heavy atom. The zero-order valence-electron chi connectivity index (χ0n) is 8.43. The molecule has 0 fully saturated rings. The third-order valence-corrected chi connectivity index (χ3v) is 3.31. The predicted octanol–water partition coefficient (Wildman–Crippen LogP) is 3.96. The van der Waals surface area contributed by atoms with E-state index in [0.29, 0.717) is 5.56 Å². The number of carbonyl (C=O) groups is 1. The maximum Gasteiger partial charge on any atom is 0.263 e. The summed E-state index contributed by atoms with van der Waals surface area (Å²) in [4.78, 5) is 10.7. The minimum absolute atomic E-state index is 0.0143. The maximum absolute atomic E-state index is 12.4. The number of aryl methyl sites for hydroxylation is 1. The Kier molecular flexibility index (Phi) is 3.97. The van der Waals surface area contributed by atoms with Crippen LogP contribution in [0.3, 0.4) is 0 Å². The van der Waals surface area contributed by atoms with Crippen LogP contribution in [-0.4, -0.2) is 5.78 Å². The lowest BCUT2D eigenvalue weighted by Gasteiger charge is -2.11. The molecule has 1 aromatic carbocycles. The third-order valence-electron chi connectivity index (χ3n) is 2.18. The Hall–Kier alpha value is -0.770. The second kappa shape index (κ2) is 4.84. The molecule has 1 unspecified atom stereocenters. The van der Waals surface area contributed by atoms with Gasteiger partial charge in [0, 0.05) is 5.56 Å². The molecule has 1 atom stereocenters. The van der Waals surface area contributed by atoms with Crippen LogP contribution < -0.4 is 0 Å². The first-order valence-corrected chi connectivity index (χ1v) is 5.38. The van der Waals surface area contributed by atoms with E-state index in [1.54, 1.807) is 13.0 Å². The summed E-state index contributed by atoms with van der Waals surface area (Å²) in [6.45, 7) is 3.18. The second-order valence-corrected chi connectivity index (χ2v) is 4.31. The molecule has 0 aromatic heterocycles. The largest absolute Gasteiger partial charge is 0.298 e. The van der Waals surface area contributed by atoms with E-state index in [-0.39, 0.29) is 11.3 Å². The highest BCUT2D eigenvalue weighted by Crippen LogP contribution is 2.29. The van der Waals surface area contributed by atoms with E-state index in [9.17, 15) is 13.6 Å². The van der Waals surface area contributed by atoms with E-state index >= 15 is 0 Å². The van der Waals surface area contributed by atoms with Crippen LogP contribution in [-0.2, 0) is 4.79 Å². The molecule has 1 aromatic rings. The van der Waals surface area contributed by atoms with E-state index in [2.05, 4.69) is 15.9 Å². The van der Waals surface area contributed by atoms with Gasteiger partial charge in [0.1, 0.15) is 5.78 Å². The van der Waals surface area contributed by atoms with Gasteiger partial charge in [-0.25, -0.2) is 8.78 Å². The Morgan fingerprint density at radius 1 is 1.40 bits per heavy atom. The Balaban J connectivity index is 3.08. The molecule has 0 saturated carbocycles. The van der Waals surface area contributed by atoms with Gasteiger partial charge in [0.15, 0.2) is 0 Å². The molecule has 0 heterocycles. The number of ketones is 1. The molecule has 0 aliphatic heterocycles. The molecule has 0 aliphatic carbocycles. The van der Waals surface area contributed by atoms with Crippen LogP contribution >= 0.6 is 15.9 Å². The van der Waals surface area contributed by atoms with Gasteiger partial charge in [-0.15, -0.1) is 0 Å². The highest BCUT2D eigenvalue weighted by Gasteiger charge is 2.16. The number of benzene rings is 1. The molecule has 0 amide bonds. The number of alkyl halides is 3. The number of Topliss-reactive ketones (excluding diaryl/α,β-unsaturated/α-hetero) is 1. The Bertz CT molecular complexity index is 377. The highest BCUT2D eigenvalue weighted by molar-refractivity contribution is 9.09. The maximum atomic E-state index is 12.4. The normalized spacial score (nSPS) is 12.9. The van der Waals surface area contributed by atoms with Crippen molar-refractivity contribution < 1.29 is 13.6 Å². The van der Waals surface area contributed by atoms with Crippen molar-refractivity contribution in [3.05, 3.63) is 34.9 Å². The average Bonchev–Trinajstić information content (AvgIpc) is 2.16. The van der Waals surface area contributed by atoms with Crippen molar-refractivity contribution in [1.82, 2.24) is 0 Å². The summed E-state index contributed by atoms with van der Waals surface area (Å²) in [6.07, 6.45) is -2.47. The molecular weight excluding hydrogens is 266 g/mol. The van der Waals surface area contributed by atoms with Gasteiger partial charge in [-0.3, -0.25) is 4.79 Å². The van der Waals surface area contributed by atoms with Crippen molar-refractivity contribution >= 4 is 21.7 Å². The molecule has 0 spiro atoms. The summed E-state index contributed by atoms with van der Waals surface area (Å²) in [5.41, 5.74) is 1.43. The summed E-state index contributed by atoms with van der Waals surface area (Å²) in [7, 11) is 0. The Morgan fingerprint density at radius 2 is 2.00 bits per heavy atom. The van der Waals surface area contributed by atoms with Crippen LogP contribution in [0.2, 0.25) is 0 Å². The molecule has 82 valence electrons. The van der Waals surface area contributed by atoms with Crippen LogP contribution in [0.5, 0.6) is 0 Å². The lowest BCUT2D eigenvalue weighted by Crippen LogP contribution is -2.03. The number of hydrogen-bond acceptors (Lipinski definition) is 1. The molecule has 0 saturated heterocycles. The van der Waals surface area contributed by atoms with Gasteiger partial charge in [0.2, 0.25) is 0 Å². The van der Waals surface area contributed by atoms with Gasteiger partial charge in [-0.05, 0) is 25.0 Å². The SMILES string of the molecule is CC(=O)C(Br)c1ccc(C(F)F)cc1C. The van der Waals surface area contributed by atoms with Crippen LogP contribution in [0, 0.1) is 6.92 Å². The van der Waals surface area contributed by atoms with Crippen LogP contribution in [0.4, 0.5) is 8.78 Å². The number of hydrogen-bond donors (Lipinski definition) is 0. The van der Waals surface area contributed by atoms with Gasteiger partial charge >= 0.3 is 0 Å². The van der Waals surface area contributed by atoms with E-state index in [1.807, 2.05) is 0 Å². The number of halogens is 3. The minimum atomic E-state index is -2.47. The monoisotopic (exact) mass is 276 g/mol. The summed E-state index contributed by atoms with van der Waals surface area (Å²) >= 11 is 3.23. The summed E-state index contributed by atoms with van der Waals surface area (Å²) in [5, 5.41) is 0. The summed E-state index contributed by atoms with van der Waals surface area (Å²) in [5.74, 6) is -0.0390. The van der Waals surface area contributed by atoms with Gasteiger partial charge in [0.25, 0.3) is 6.43 Å². The minimum Gasteiger partial charge on any atom is -0.298 e. The first-order chi connectivity index (χ1) is 6.93. The second-order valence-electron chi connectivity index (χ2n) is 3.39. The van der Waals surface area contributed by atoms with E-state index in [4.69, 9.17) is 0 Å². The van der Waals surface area contributed by atoms with Crippen LogP contribution in [0.25, 0.3) is 0 Å². The molecule has 15 heavy (non-hydrogen) atoms. The standard InChI is InChI=1S/C11H11BrF2O/c1-6-5-8(11(13)14)3-4-9(6)10(12)7(2)15/h3-5,10-11H,1-2H3. The lowest BCUT2D eigenvalue weighted by molar-refractivity contribution is -0.116. The topological polar surface area (TPSA) is 17.1 Å². The van der Waals surface area contributed by atoms with Gasteiger partial charge in [-0.1, -0.05) is 34.1 Å². The molecule has 1 rings (SSSR count). The van der Waals surface area contributed by atoms with Gasteiger partial charge < -0.3 is 0 Å². The van der Waals surface area contributed by atoms with Crippen molar-refractivity contribution in [2.75, 3.05) is 0 Å². The lowest BCUT2D eigenvalue weighted by atomic mass is 10.0. The molecular formula is C11H11BrF2O. The van der Waals surface area contributed by atoms with E-state index in [1.165, 1.54) is 19.1 Å². The van der Waals surface area contributed by atoms with E-state index in [0.717, 1.165) is 5.56 Å². The van der Waals surface area contributed by atoms with Crippen molar-refractivity contribution in [1.29, 1.82) is 0 Å². The highest BCUT2D eigenvalue weighted by atomic mass is 79.9.